The van der Waals surface area contributed by atoms with E-state index in [-0.39, 0.29) is 5.97 Å². The highest BCUT2D eigenvalue weighted by molar-refractivity contribution is 5.69. The molecular weight excluding hydrogens is 240 g/mol. The number of ether oxygens (including phenoxy) is 1. The molecule has 0 amide bonds. The summed E-state index contributed by atoms with van der Waals surface area (Å²) >= 11 is 0. The molecule has 0 aromatic heterocycles. The molecule has 0 fully saturated rings. The first-order valence-corrected chi connectivity index (χ1v) is 7.85. The molecule has 0 radical (unpaired) electrons. The Morgan fingerprint density at radius 3 is 2.05 bits per heavy atom. The minimum atomic E-state index is -0.531. The van der Waals surface area contributed by atoms with Crippen LogP contribution in [0.1, 0.15) is 77.6 Å². The summed E-state index contributed by atoms with van der Waals surface area (Å²) < 4.78 is 5.02. The first-order valence-electron chi connectivity index (χ1n) is 7.85. The van der Waals surface area contributed by atoms with Crippen LogP contribution in [0.2, 0.25) is 0 Å². The molecule has 0 aliphatic rings. The molecule has 0 heterocycles. The van der Waals surface area contributed by atoms with Crippen molar-refractivity contribution in [3.8, 4) is 0 Å². The van der Waals surface area contributed by atoms with Crippen LogP contribution in [0.25, 0.3) is 0 Å². The maximum Gasteiger partial charge on any atom is 0.307 e. The van der Waals surface area contributed by atoms with Gasteiger partial charge in [-0.05, 0) is 13.0 Å². The zero-order valence-electron chi connectivity index (χ0n) is 12.5. The third kappa shape index (κ3) is 13.6. The summed E-state index contributed by atoms with van der Waals surface area (Å²) in [5, 5.41) is 0. The fraction of sp³-hybridized carbons (Fsp3) is 0.933. The van der Waals surface area contributed by atoms with Crippen molar-refractivity contribution in [1.29, 1.82) is 0 Å². The molecule has 0 saturated heterocycles. The van der Waals surface area contributed by atoms with Crippen LogP contribution in [0, 0.1) is 0 Å². The molecule has 0 aliphatic carbocycles. The second-order valence-corrected chi connectivity index (χ2v) is 5.18. The average Bonchev–Trinajstić information content (AvgIpc) is 2.37. The number of hydrogen-bond acceptors (Lipinski definition) is 4. The number of rotatable bonds is 13. The van der Waals surface area contributed by atoms with E-state index >= 15 is 0 Å². The molecule has 4 N–H and O–H groups in total. The van der Waals surface area contributed by atoms with Crippen LogP contribution in [0.15, 0.2) is 0 Å². The lowest BCUT2D eigenvalue weighted by atomic mass is 10.1. The van der Waals surface area contributed by atoms with Gasteiger partial charge in [-0.25, -0.2) is 0 Å². The summed E-state index contributed by atoms with van der Waals surface area (Å²) in [6, 6.07) is 0. The highest BCUT2D eigenvalue weighted by Gasteiger charge is 2.08. The van der Waals surface area contributed by atoms with Gasteiger partial charge in [0, 0.05) is 12.8 Å². The summed E-state index contributed by atoms with van der Waals surface area (Å²) in [5.41, 5.74) is 10.9. The number of hydrogen-bond donors (Lipinski definition) is 2. The molecule has 0 aromatic rings. The Bertz CT molecular complexity index is 210. The van der Waals surface area contributed by atoms with Gasteiger partial charge in [-0.15, -0.1) is 0 Å². The molecule has 19 heavy (non-hydrogen) atoms. The lowest BCUT2D eigenvalue weighted by Gasteiger charge is -2.11. The van der Waals surface area contributed by atoms with E-state index in [2.05, 4.69) is 6.92 Å². The topological polar surface area (TPSA) is 78.3 Å². The summed E-state index contributed by atoms with van der Waals surface area (Å²) in [6.45, 7) is 2.69. The van der Waals surface area contributed by atoms with Crippen LogP contribution >= 0.6 is 0 Å². The fourth-order valence-electron chi connectivity index (χ4n) is 2.03. The maximum atomic E-state index is 11.4. The predicted octanol–water partition coefficient (Wildman–Crippen LogP) is 3.08. The van der Waals surface area contributed by atoms with E-state index in [0.717, 1.165) is 12.8 Å². The zero-order chi connectivity index (χ0) is 14.3. The van der Waals surface area contributed by atoms with Crippen LogP contribution in [0.3, 0.4) is 0 Å². The van der Waals surface area contributed by atoms with Gasteiger partial charge < -0.3 is 10.5 Å². The minimum Gasteiger partial charge on any atom is -0.447 e. The van der Waals surface area contributed by atoms with Gasteiger partial charge in [-0.2, -0.15) is 0 Å². The predicted molar refractivity (Wildman–Crippen MR) is 79.6 cm³/mol. The summed E-state index contributed by atoms with van der Waals surface area (Å²) in [6.07, 6.45) is 11.7. The molecule has 0 bridgehead atoms. The molecular formula is C15H32N2O2. The molecule has 4 heteroatoms. The van der Waals surface area contributed by atoms with Gasteiger partial charge in [-0.3, -0.25) is 10.5 Å². The van der Waals surface area contributed by atoms with Crippen LogP contribution in [0.4, 0.5) is 0 Å². The number of nitrogens with two attached hydrogens (primary N) is 2. The first-order chi connectivity index (χ1) is 9.20. The first kappa shape index (κ1) is 18.4. The summed E-state index contributed by atoms with van der Waals surface area (Å²) in [7, 11) is 0. The van der Waals surface area contributed by atoms with Crippen LogP contribution in [-0.4, -0.2) is 18.7 Å². The Morgan fingerprint density at radius 1 is 1.00 bits per heavy atom. The number of unbranched alkanes of at least 4 members (excludes halogenated alkanes) is 8. The average molecular weight is 272 g/mol. The second-order valence-electron chi connectivity index (χ2n) is 5.18. The van der Waals surface area contributed by atoms with Crippen molar-refractivity contribution < 1.29 is 9.53 Å². The van der Waals surface area contributed by atoms with E-state index < -0.39 is 6.23 Å². The van der Waals surface area contributed by atoms with Crippen molar-refractivity contribution in [3.63, 3.8) is 0 Å². The molecule has 0 saturated carbocycles. The molecule has 1 atom stereocenters. The third-order valence-corrected chi connectivity index (χ3v) is 3.22. The molecule has 114 valence electrons. The Balaban J connectivity index is 3.23. The monoisotopic (exact) mass is 272 g/mol. The van der Waals surface area contributed by atoms with E-state index in [1.165, 1.54) is 44.9 Å². The summed E-state index contributed by atoms with van der Waals surface area (Å²) in [4.78, 5) is 11.4. The molecule has 0 aromatic carbocycles. The Hall–Kier alpha value is -0.610. The number of carbonyl (C=O) groups excluding carboxylic acids is 1. The zero-order valence-corrected chi connectivity index (χ0v) is 12.5. The van der Waals surface area contributed by atoms with E-state index in [1.54, 1.807) is 0 Å². The third-order valence-electron chi connectivity index (χ3n) is 3.22. The SMILES string of the molecule is CCCCCCCCCCCC(=O)OC(N)CCN. The van der Waals surface area contributed by atoms with Crippen molar-refractivity contribution in [1.82, 2.24) is 0 Å². The van der Waals surface area contributed by atoms with Gasteiger partial charge in [0.2, 0.25) is 0 Å². The van der Waals surface area contributed by atoms with E-state index in [0.29, 0.717) is 19.4 Å². The Morgan fingerprint density at radius 2 is 1.53 bits per heavy atom. The quantitative estimate of drug-likeness (QED) is 0.307. The van der Waals surface area contributed by atoms with Gasteiger partial charge in [0.1, 0.15) is 0 Å². The van der Waals surface area contributed by atoms with Gasteiger partial charge in [-0.1, -0.05) is 58.3 Å². The molecule has 0 spiro atoms. The van der Waals surface area contributed by atoms with Gasteiger partial charge >= 0.3 is 5.97 Å². The van der Waals surface area contributed by atoms with Crippen molar-refractivity contribution in [2.75, 3.05) is 6.54 Å². The lowest BCUT2D eigenvalue weighted by Crippen LogP contribution is -2.29. The van der Waals surface area contributed by atoms with Crippen molar-refractivity contribution in [2.45, 2.75) is 83.8 Å². The van der Waals surface area contributed by atoms with Gasteiger partial charge in [0.15, 0.2) is 6.23 Å². The fourth-order valence-corrected chi connectivity index (χ4v) is 2.03. The second kappa shape index (κ2) is 13.8. The molecule has 0 rings (SSSR count). The Kier molecular flexibility index (Phi) is 13.4. The van der Waals surface area contributed by atoms with E-state index in [9.17, 15) is 4.79 Å². The highest BCUT2D eigenvalue weighted by Crippen LogP contribution is 2.10. The van der Waals surface area contributed by atoms with Crippen LogP contribution < -0.4 is 11.5 Å². The molecule has 1 unspecified atom stereocenters. The number of esters is 1. The molecule has 4 nitrogen and oxygen atoms in total. The largest absolute Gasteiger partial charge is 0.447 e. The van der Waals surface area contributed by atoms with E-state index in [4.69, 9.17) is 16.2 Å². The van der Waals surface area contributed by atoms with Crippen LogP contribution in [-0.2, 0) is 9.53 Å². The van der Waals surface area contributed by atoms with E-state index in [1.807, 2.05) is 0 Å². The normalized spacial score (nSPS) is 12.4. The van der Waals surface area contributed by atoms with Crippen molar-refractivity contribution in [2.24, 2.45) is 11.5 Å². The van der Waals surface area contributed by atoms with Crippen molar-refractivity contribution in [3.05, 3.63) is 0 Å². The van der Waals surface area contributed by atoms with Crippen LogP contribution in [0.5, 0.6) is 0 Å². The minimum absolute atomic E-state index is 0.191. The molecule has 0 aliphatic heterocycles. The van der Waals surface area contributed by atoms with Crippen molar-refractivity contribution >= 4 is 5.97 Å². The standard InChI is InChI=1S/C15H32N2O2/c1-2-3-4-5-6-7-8-9-10-11-15(18)19-14(17)12-13-16/h14H,2-13,16-17H2,1H3. The van der Waals surface area contributed by atoms with Gasteiger partial charge in [0.05, 0.1) is 0 Å². The number of carbonyl (C=O) groups is 1. The summed E-state index contributed by atoms with van der Waals surface area (Å²) in [5.74, 6) is -0.191. The highest BCUT2D eigenvalue weighted by atomic mass is 16.6. The maximum absolute atomic E-state index is 11.4. The smallest absolute Gasteiger partial charge is 0.307 e. The Labute approximate surface area is 118 Å². The van der Waals surface area contributed by atoms with Gasteiger partial charge in [0.25, 0.3) is 0 Å². The lowest BCUT2D eigenvalue weighted by molar-refractivity contribution is -0.149.